The van der Waals surface area contributed by atoms with Gasteiger partial charge in [-0.1, -0.05) is 66.2 Å². The van der Waals surface area contributed by atoms with E-state index in [4.69, 9.17) is 16.3 Å². The van der Waals surface area contributed by atoms with Gasteiger partial charge in [-0.05, 0) is 61.7 Å². The first-order chi connectivity index (χ1) is 17.6. The summed E-state index contributed by atoms with van der Waals surface area (Å²) >= 11 is 7.63. The van der Waals surface area contributed by atoms with Gasteiger partial charge in [-0.2, -0.15) is 0 Å². The fraction of sp³-hybridized carbons (Fsp3) is 0.333. The van der Waals surface area contributed by atoms with E-state index in [0.717, 1.165) is 22.4 Å². The zero-order valence-electron chi connectivity index (χ0n) is 21.9. The maximum atomic E-state index is 13.7. The van der Waals surface area contributed by atoms with Gasteiger partial charge in [0, 0.05) is 29.3 Å². The molecule has 2 amide bonds. The molecule has 0 unspecified atom stereocenters. The molecule has 0 saturated heterocycles. The Bertz CT molecular complexity index is 1150. The molecule has 1 N–H and O–H groups in total. The SMILES string of the molecule is COc1ccc(CSCC(=O)N(Cc2ccc(Cl)cc2)[C@H](Cc2ccccc2)C(=O)NC(C)(C)C)cc1. The normalized spacial score (nSPS) is 12.0. The Kier molecular flexibility index (Phi) is 10.5. The number of rotatable bonds is 11. The molecule has 0 fully saturated rings. The third kappa shape index (κ3) is 9.45. The van der Waals surface area contributed by atoms with Crippen LogP contribution in [0.2, 0.25) is 5.02 Å². The summed E-state index contributed by atoms with van der Waals surface area (Å²) in [4.78, 5) is 29.0. The second-order valence-corrected chi connectivity index (χ2v) is 11.4. The molecule has 196 valence electrons. The standard InChI is InChI=1S/C30H35ClN2O3S/c1-30(2,3)32-29(35)27(18-22-8-6-5-7-9-22)33(19-23-10-14-25(31)15-11-23)28(34)21-37-20-24-12-16-26(36-4)17-13-24/h5-17,27H,18-21H2,1-4H3,(H,32,35)/t27-/m1/s1. The average molecular weight is 539 g/mol. The first kappa shape index (κ1) is 28.6. The number of thioether (sulfide) groups is 1. The number of amides is 2. The van der Waals surface area contributed by atoms with Crippen LogP contribution in [0, 0.1) is 0 Å². The number of halogens is 1. The van der Waals surface area contributed by atoms with Crippen molar-refractivity contribution >= 4 is 35.2 Å². The van der Waals surface area contributed by atoms with Crippen LogP contribution in [0.4, 0.5) is 0 Å². The van der Waals surface area contributed by atoms with E-state index in [1.165, 1.54) is 11.8 Å². The molecule has 3 rings (SSSR count). The lowest BCUT2D eigenvalue weighted by Crippen LogP contribution is -2.54. The summed E-state index contributed by atoms with van der Waals surface area (Å²) in [6.07, 6.45) is 0.422. The minimum absolute atomic E-state index is 0.0848. The average Bonchev–Trinajstić information content (AvgIpc) is 2.87. The van der Waals surface area contributed by atoms with E-state index < -0.39 is 11.6 Å². The van der Waals surface area contributed by atoms with E-state index in [1.807, 2.05) is 87.5 Å². The summed E-state index contributed by atoms with van der Waals surface area (Å²) in [6.45, 7) is 6.15. The van der Waals surface area contributed by atoms with Crippen LogP contribution in [0.3, 0.4) is 0 Å². The molecule has 3 aromatic carbocycles. The number of nitrogens with one attached hydrogen (secondary N) is 1. The van der Waals surface area contributed by atoms with E-state index in [1.54, 1.807) is 24.1 Å². The highest BCUT2D eigenvalue weighted by Crippen LogP contribution is 2.21. The Morgan fingerprint density at radius 2 is 1.54 bits per heavy atom. The van der Waals surface area contributed by atoms with Gasteiger partial charge in [0.25, 0.3) is 0 Å². The number of ether oxygens (including phenoxy) is 1. The molecule has 5 nitrogen and oxygen atoms in total. The maximum absolute atomic E-state index is 13.7. The Morgan fingerprint density at radius 3 is 2.14 bits per heavy atom. The van der Waals surface area contributed by atoms with Gasteiger partial charge < -0.3 is 15.0 Å². The molecule has 0 heterocycles. The molecule has 37 heavy (non-hydrogen) atoms. The first-order valence-corrected chi connectivity index (χ1v) is 13.8. The van der Waals surface area contributed by atoms with Crippen LogP contribution in [-0.2, 0) is 28.3 Å². The molecule has 0 aliphatic rings. The van der Waals surface area contributed by atoms with Crippen molar-refractivity contribution in [2.24, 2.45) is 0 Å². The predicted molar refractivity (Wildman–Crippen MR) is 153 cm³/mol. The van der Waals surface area contributed by atoms with Gasteiger partial charge in [-0.15, -0.1) is 11.8 Å². The summed E-state index contributed by atoms with van der Waals surface area (Å²) < 4.78 is 5.23. The largest absolute Gasteiger partial charge is 0.497 e. The van der Waals surface area contributed by atoms with Gasteiger partial charge in [0.2, 0.25) is 11.8 Å². The van der Waals surface area contributed by atoms with Gasteiger partial charge in [-0.25, -0.2) is 0 Å². The van der Waals surface area contributed by atoms with Crippen molar-refractivity contribution in [1.29, 1.82) is 0 Å². The Hall–Kier alpha value is -2.96. The second kappa shape index (κ2) is 13.5. The summed E-state index contributed by atoms with van der Waals surface area (Å²) in [5, 5.41) is 3.72. The van der Waals surface area contributed by atoms with E-state index in [-0.39, 0.29) is 17.6 Å². The van der Waals surface area contributed by atoms with Crippen molar-refractivity contribution in [3.8, 4) is 5.75 Å². The quantitative estimate of drug-likeness (QED) is 0.319. The van der Waals surface area contributed by atoms with Crippen LogP contribution < -0.4 is 10.1 Å². The lowest BCUT2D eigenvalue weighted by atomic mass is 10.0. The number of benzene rings is 3. The molecular weight excluding hydrogens is 504 g/mol. The highest BCUT2D eigenvalue weighted by Gasteiger charge is 2.32. The van der Waals surface area contributed by atoms with Crippen LogP contribution in [0.5, 0.6) is 5.75 Å². The Labute approximate surface area is 229 Å². The monoisotopic (exact) mass is 538 g/mol. The third-order valence-corrected chi connectivity index (χ3v) is 6.93. The number of hydrogen-bond donors (Lipinski definition) is 1. The van der Waals surface area contributed by atoms with Crippen molar-refractivity contribution in [3.63, 3.8) is 0 Å². The van der Waals surface area contributed by atoms with E-state index in [2.05, 4.69) is 5.32 Å². The van der Waals surface area contributed by atoms with Crippen molar-refractivity contribution in [3.05, 3.63) is 101 Å². The molecular formula is C30H35ClN2O3S. The predicted octanol–water partition coefficient (Wildman–Crippen LogP) is 6.14. The summed E-state index contributed by atoms with van der Waals surface area (Å²) in [7, 11) is 1.64. The van der Waals surface area contributed by atoms with E-state index in [0.29, 0.717) is 23.7 Å². The minimum Gasteiger partial charge on any atom is -0.497 e. The lowest BCUT2D eigenvalue weighted by molar-refractivity contribution is -0.140. The molecule has 7 heteroatoms. The zero-order valence-corrected chi connectivity index (χ0v) is 23.4. The molecule has 0 saturated carbocycles. The number of carbonyl (C=O) groups excluding carboxylic acids is 2. The molecule has 0 aliphatic heterocycles. The molecule has 0 bridgehead atoms. The van der Waals surface area contributed by atoms with Gasteiger partial charge in [0.15, 0.2) is 0 Å². The third-order valence-electron chi connectivity index (χ3n) is 5.69. The zero-order chi connectivity index (χ0) is 26.8. The van der Waals surface area contributed by atoms with Crippen molar-refractivity contribution in [2.75, 3.05) is 12.9 Å². The van der Waals surface area contributed by atoms with Gasteiger partial charge in [0.05, 0.1) is 12.9 Å². The topological polar surface area (TPSA) is 58.6 Å². The van der Waals surface area contributed by atoms with Gasteiger partial charge in [-0.3, -0.25) is 9.59 Å². The molecule has 0 aromatic heterocycles. The van der Waals surface area contributed by atoms with Crippen LogP contribution in [0.15, 0.2) is 78.9 Å². The van der Waals surface area contributed by atoms with Gasteiger partial charge >= 0.3 is 0 Å². The summed E-state index contributed by atoms with van der Waals surface area (Å²) in [6, 6.07) is 24.4. The first-order valence-electron chi connectivity index (χ1n) is 12.2. The van der Waals surface area contributed by atoms with Gasteiger partial charge in [0.1, 0.15) is 11.8 Å². The number of hydrogen-bond acceptors (Lipinski definition) is 4. The van der Waals surface area contributed by atoms with E-state index in [9.17, 15) is 9.59 Å². The molecule has 0 aliphatic carbocycles. The molecule has 0 radical (unpaired) electrons. The highest BCUT2D eigenvalue weighted by atomic mass is 35.5. The Morgan fingerprint density at radius 1 is 0.919 bits per heavy atom. The number of methoxy groups -OCH3 is 1. The molecule has 0 spiro atoms. The number of nitrogens with zero attached hydrogens (tertiary/aromatic N) is 1. The second-order valence-electron chi connectivity index (χ2n) is 9.93. The smallest absolute Gasteiger partial charge is 0.243 e. The van der Waals surface area contributed by atoms with Crippen LogP contribution >= 0.6 is 23.4 Å². The lowest BCUT2D eigenvalue weighted by Gasteiger charge is -2.34. The summed E-state index contributed by atoms with van der Waals surface area (Å²) in [5.74, 6) is 1.49. The Balaban J connectivity index is 1.84. The molecule has 1 atom stereocenters. The fourth-order valence-corrected chi connectivity index (χ4v) is 4.85. The maximum Gasteiger partial charge on any atom is 0.243 e. The highest BCUT2D eigenvalue weighted by molar-refractivity contribution is 7.99. The van der Waals surface area contributed by atoms with E-state index >= 15 is 0 Å². The van der Waals surface area contributed by atoms with Crippen molar-refractivity contribution in [2.45, 2.75) is 51.1 Å². The molecule has 3 aromatic rings. The van der Waals surface area contributed by atoms with Crippen LogP contribution in [0.25, 0.3) is 0 Å². The van der Waals surface area contributed by atoms with Crippen LogP contribution in [-0.4, -0.2) is 41.2 Å². The summed E-state index contributed by atoms with van der Waals surface area (Å²) in [5.41, 5.74) is 2.59. The van der Waals surface area contributed by atoms with Crippen LogP contribution in [0.1, 0.15) is 37.5 Å². The number of carbonyl (C=O) groups is 2. The fourth-order valence-electron chi connectivity index (χ4n) is 3.85. The van der Waals surface area contributed by atoms with Crippen molar-refractivity contribution in [1.82, 2.24) is 10.2 Å². The minimum atomic E-state index is -0.661. The van der Waals surface area contributed by atoms with Crippen molar-refractivity contribution < 1.29 is 14.3 Å².